The van der Waals surface area contributed by atoms with Gasteiger partial charge in [0.1, 0.15) is 12.1 Å². The van der Waals surface area contributed by atoms with Crippen LogP contribution in [-0.2, 0) is 20.1 Å². The van der Waals surface area contributed by atoms with Gasteiger partial charge in [0.25, 0.3) is 0 Å². The quantitative estimate of drug-likeness (QED) is 0.679. The van der Waals surface area contributed by atoms with Crippen LogP contribution in [0.2, 0.25) is 0 Å². The van der Waals surface area contributed by atoms with E-state index < -0.39 is 24.0 Å². The molecule has 0 aliphatic rings. The summed E-state index contributed by atoms with van der Waals surface area (Å²) in [6.07, 6.45) is 0. The van der Waals surface area contributed by atoms with Crippen LogP contribution < -0.4 is 5.32 Å². The van der Waals surface area contributed by atoms with Gasteiger partial charge in [-0.15, -0.1) is 0 Å². The minimum Gasteiger partial charge on any atom is -0.480 e. The van der Waals surface area contributed by atoms with Crippen molar-refractivity contribution < 1.29 is 19.4 Å². The van der Waals surface area contributed by atoms with E-state index in [1.807, 2.05) is 30.3 Å². The molecule has 1 aromatic carbocycles. The van der Waals surface area contributed by atoms with E-state index in [2.05, 4.69) is 5.32 Å². The number of carbonyl (C=O) groups excluding carboxylic acids is 1. The molecular weight excluding hydrogens is 290 g/mol. The van der Waals surface area contributed by atoms with Gasteiger partial charge in [0.2, 0.25) is 0 Å². The van der Waals surface area contributed by atoms with E-state index in [9.17, 15) is 9.59 Å². The first-order valence-corrected chi connectivity index (χ1v) is 7.97. The molecule has 0 bridgehead atoms. The fourth-order valence-electron chi connectivity index (χ4n) is 1.67. The van der Waals surface area contributed by atoms with Crippen LogP contribution in [0.1, 0.15) is 19.4 Å². The Bertz CT molecular complexity index is 452. The molecule has 2 unspecified atom stereocenters. The number of ether oxygens (including phenoxy) is 1. The summed E-state index contributed by atoms with van der Waals surface area (Å²) in [5.41, 5.74) is 1.16. The van der Waals surface area contributed by atoms with Crippen molar-refractivity contribution in [2.45, 2.75) is 31.7 Å². The molecule has 0 aromatic heterocycles. The molecule has 0 saturated carbocycles. The monoisotopic (exact) mass is 311 g/mol. The van der Waals surface area contributed by atoms with E-state index in [-0.39, 0.29) is 6.61 Å². The fourth-order valence-corrected chi connectivity index (χ4v) is 2.68. The van der Waals surface area contributed by atoms with Crippen LogP contribution in [0.3, 0.4) is 0 Å². The van der Waals surface area contributed by atoms with Gasteiger partial charge in [-0.05, 0) is 19.4 Å². The molecule has 0 spiro atoms. The Hall–Kier alpha value is -1.53. The lowest BCUT2D eigenvalue weighted by molar-refractivity contribution is -0.146. The number of hydrogen-bond donors (Lipinski definition) is 2. The van der Waals surface area contributed by atoms with Crippen LogP contribution in [0.15, 0.2) is 30.3 Å². The van der Waals surface area contributed by atoms with E-state index in [1.54, 1.807) is 18.7 Å². The zero-order chi connectivity index (χ0) is 15.7. The molecule has 0 aliphatic carbocycles. The summed E-state index contributed by atoms with van der Waals surface area (Å²) in [4.78, 5) is 22.7. The fraction of sp³-hybridized carbons (Fsp3) is 0.467. The second kappa shape index (κ2) is 9.41. The lowest BCUT2D eigenvalue weighted by Crippen LogP contribution is -2.47. The molecule has 0 saturated heterocycles. The van der Waals surface area contributed by atoms with Crippen LogP contribution in [0.4, 0.5) is 0 Å². The highest BCUT2D eigenvalue weighted by Crippen LogP contribution is 2.13. The van der Waals surface area contributed by atoms with Crippen molar-refractivity contribution in [1.82, 2.24) is 5.32 Å². The average molecular weight is 311 g/mol. The molecule has 6 heteroatoms. The predicted octanol–water partition coefficient (Wildman–Crippen LogP) is 1.91. The number of nitrogens with one attached hydrogen (secondary N) is 1. The second-order valence-electron chi connectivity index (χ2n) is 4.53. The second-order valence-corrected chi connectivity index (χ2v) is 5.56. The first kappa shape index (κ1) is 17.5. The molecule has 0 heterocycles. The number of carbonyl (C=O) groups is 2. The topological polar surface area (TPSA) is 75.6 Å². The van der Waals surface area contributed by atoms with E-state index in [0.29, 0.717) is 5.75 Å². The lowest BCUT2D eigenvalue weighted by atomic mass is 10.2. The highest BCUT2D eigenvalue weighted by molar-refractivity contribution is 7.98. The number of carboxylic acids is 1. The summed E-state index contributed by atoms with van der Waals surface area (Å²) in [5, 5.41) is 11.7. The number of thioether (sulfide) groups is 1. The Morgan fingerprint density at radius 2 is 2.00 bits per heavy atom. The lowest BCUT2D eigenvalue weighted by Gasteiger charge is -2.19. The summed E-state index contributed by atoms with van der Waals surface area (Å²) in [7, 11) is 0. The highest BCUT2D eigenvalue weighted by Gasteiger charge is 2.24. The molecule has 0 radical (unpaired) electrons. The van der Waals surface area contributed by atoms with Gasteiger partial charge < -0.3 is 9.84 Å². The Morgan fingerprint density at radius 3 is 2.57 bits per heavy atom. The summed E-state index contributed by atoms with van der Waals surface area (Å²) >= 11 is 1.57. The van der Waals surface area contributed by atoms with Crippen molar-refractivity contribution in [1.29, 1.82) is 0 Å². The zero-order valence-electron chi connectivity index (χ0n) is 12.2. The van der Waals surface area contributed by atoms with Gasteiger partial charge >= 0.3 is 11.9 Å². The van der Waals surface area contributed by atoms with Gasteiger partial charge in [0.15, 0.2) is 0 Å². The van der Waals surface area contributed by atoms with Crippen molar-refractivity contribution in [3.8, 4) is 0 Å². The SMILES string of the molecule is CCOC(=O)C(CSCc1ccccc1)NC(C)C(=O)O. The van der Waals surface area contributed by atoms with Crippen LogP contribution >= 0.6 is 11.8 Å². The van der Waals surface area contributed by atoms with E-state index in [0.717, 1.165) is 11.3 Å². The van der Waals surface area contributed by atoms with Crippen LogP contribution in [0, 0.1) is 0 Å². The summed E-state index contributed by atoms with van der Waals surface area (Å²) in [6.45, 7) is 3.52. The summed E-state index contributed by atoms with van der Waals surface area (Å²) in [6, 6.07) is 8.49. The van der Waals surface area contributed by atoms with Crippen LogP contribution in [0.25, 0.3) is 0 Å². The van der Waals surface area contributed by atoms with Crippen molar-refractivity contribution in [3.05, 3.63) is 35.9 Å². The Kier molecular flexibility index (Phi) is 7.85. The van der Waals surface area contributed by atoms with Gasteiger partial charge in [0, 0.05) is 11.5 Å². The standard InChI is InChI=1S/C15H21NO4S/c1-3-20-15(19)13(16-11(2)14(17)18)10-21-9-12-7-5-4-6-8-12/h4-8,11,13,16H,3,9-10H2,1-2H3,(H,17,18). The van der Waals surface area contributed by atoms with Gasteiger partial charge in [-0.3, -0.25) is 14.9 Å². The third kappa shape index (κ3) is 6.64. The number of hydrogen-bond acceptors (Lipinski definition) is 5. The molecule has 0 amide bonds. The maximum Gasteiger partial charge on any atom is 0.324 e. The molecule has 1 aromatic rings. The number of benzene rings is 1. The molecule has 2 N–H and O–H groups in total. The molecule has 21 heavy (non-hydrogen) atoms. The molecule has 0 fully saturated rings. The Morgan fingerprint density at radius 1 is 1.33 bits per heavy atom. The Balaban J connectivity index is 2.52. The van der Waals surface area contributed by atoms with Crippen molar-refractivity contribution in [2.24, 2.45) is 0 Å². The molecule has 5 nitrogen and oxygen atoms in total. The van der Waals surface area contributed by atoms with Crippen molar-refractivity contribution in [3.63, 3.8) is 0 Å². The minimum atomic E-state index is -0.989. The smallest absolute Gasteiger partial charge is 0.324 e. The first-order chi connectivity index (χ1) is 10.0. The summed E-state index contributed by atoms with van der Waals surface area (Å²) < 4.78 is 4.98. The maximum absolute atomic E-state index is 11.9. The number of esters is 1. The van der Waals surface area contributed by atoms with E-state index in [1.165, 1.54) is 6.92 Å². The molecule has 116 valence electrons. The summed E-state index contributed by atoms with van der Waals surface area (Å²) in [5.74, 6) is -0.172. The molecular formula is C15H21NO4S. The number of rotatable bonds is 9. The third-order valence-electron chi connectivity index (χ3n) is 2.79. The van der Waals surface area contributed by atoms with Gasteiger partial charge in [-0.1, -0.05) is 30.3 Å². The van der Waals surface area contributed by atoms with Gasteiger partial charge in [0.05, 0.1) is 6.61 Å². The Labute approximate surface area is 129 Å². The van der Waals surface area contributed by atoms with Crippen molar-refractivity contribution >= 4 is 23.7 Å². The predicted molar refractivity (Wildman–Crippen MR) is 83.3 cm³/mol. The molecule has 2 atom stereocenters. The minimum absolute atomic E-state index is 0.280. The normalized spacial score (nSPS) is 13.4. The largest absolute Gasteiger partial charge is 0.480 e. The maximum atomic E-state index is 11.9. The number of aliphatic carboxylic acids is 1. The zero-order valence-corrected chi connectivity index (χ0v) is 13.1. The van der Waals surface area contributed by atoms with Crippen LogP contribution in [-0.4, -0.2) is 41.5 Å². The van der Waals surface area contributed by atoms with Crippen LogP contribution in [0.5, 0.6) is 0 Å². The first-order valence-electron chi connectivity index (χ1n) is 6.81. The molecule has 1 rings (SSSR count). The van der Waals surface area contributed by atoms with Gasteiger partial charge in [-0.2, -0.15) is 11.8 Å². The van der Waals surface area contributed by atoms with Gasteiger partial charge in [-0.25, -0.2) is 0 Å². The average Bonchev–Trinajstić information content (AvgIpc) is 2.47. The van der Waals surface area contributed by atoms with E-state index in [4.69, 9.17) is 9.84 Å². The molecule has 0 aliphatic heterocycles. The number of carboxylic acid groups (broad SMARTS) is 1. The van der Waals surface area contributed by atoms with E-state index >= 15 is 0 Å². The third-order valence-corrected chi connectivity index (χ3v) is 3.90. The van der Waals surface area contributed by atoms with Crippen molar-refractivity contribution in [2.75, 3.05) is 12.4 Å². The highest BCUT2D eigenvalue weighted by atomic mass is 32.2.